The number of benzene rings is 1. The second kappa shape index (κ2) is 6.17. The SMILES string of the molecule is CNc1nccc(C(=O)Nc2ccc(F)c(OC)c2)c1F. The number of carbonyl (C=O) groups is 1. The van der Waals surface area contributed by atoms with Crippen LogP contribution in [-0.4, -0.2) is 25.0 Å². The molecule has 1 heterocycles. The predicted molar refractivity (Wildman–Crippen MR) is 74.6 cm³/mol. The Morgan fingerprint density at radius 1 is 1.29 bits per heavy atom. The van der Waals surface area contributed by atoms with Crippen molar-refractivity contribution in [3.8, 4) is 5.75 Å². The van der Waals surface area contributed by atoms with Crippen molar-refractivity contribution in [2.75, 3.05) is 24.8 Å². The molecule has 2 aromatic rings. The first-order valence-electron chi connectivity index (χ1n) is 6.04. The van der Waals surface area contributed by atoms with Crippen molar-refractivity contribution in [3.05, 3.63) is 47.7 Å². The molecule has 0 radical (unpaired) electrons. The molecule has 0 atom stereocenters. The average molecular weight is 293 g/mol. The molecule has 2 rings (SSSR count). The molecule has 0 saturated carbocycles. The number of nitrogens with one attached hydrogen (secondary N) is 2. The highest BCUT2D eigenvalue weighted by atomic mass is 19.1. The number of hydrogen-bond acceptors (Lipinski definition) is 4. The number of pyridine rings is 1. The van der Waals surface area contributed by atoms with Gasteiger partial charge in [0.2, 0.25) is 0 Å². The lowest BCUT2D eigenvalue weighted by molar-refractivity contribution is 0.102. The highest BCUT2D eigenvalue weighted by molar-refractivity contribution is 6.04. The van der Waals surface area contributed by atoms with Crippen LogP contribution in [0.5, 0.6) is 5.75 Å². The molecule has 5 nitrogen and oxygen atoms in total. The van der Waals surface area contributed by atoms with E-state index >= 15 is 0 Å². The van der Waals surface area contributed by atoms with Crippen molar-refractivity contribution < 1.29 is 18.3 Å². The number of aromatic nitrogens is 1. The minimum absolute atomic E-state index is 0.0149. The van der Waals surface area contributed by atoms with Gasteiger partial charge in [0.25, 0.3) is 5.91 Å². The van der Waals surface area contributed by atoms with Gasteiger partial charge in [-0.1, -0.05) is 0 Å². The van der Waals surface area contributed by atoms with Crippen LogP contribution in [0.15, 0.2) is 30.5 Å². The zero-order valence-electron chi connectivity index (χ0n) is 11.4. The maximum absolute atomic E-state index is 14.0. The molecular weight excluding hydrogens is 280 g/mol. The van der Waals surface area contributed by atoms with E-state index in [0.717, 1.165) is 6.07 Å². The molecule has 2 N–H and O–H groups in total. The van der Waals surface area contributed by atoms with Crippen molar-refractivity contribution in [2.24, 2.45) is 0 Å². The summed E-state index contributed by atoms with van der Waals surface area (Å²) in [5, 5.41) is 5.02. The number of halogens is 2. The van der Waals surface area contributed by atoms with Gasteiger partial charge in [-0.15, -0.1) is 0 Å². The predicted octanol–water partition coefficient (Wildman–Crippen LogP) is 2.66. The number of hydrogen-bond donors (Lipinski definition) is 2. The summed E-state index contributed by atoms with van der Waals surface area (Å²) in [5.41, 5.74) is 0.123. The Balaban J connectivity index is 2.26. The smallest absolute Gasteiger partial charge is 0.258 e. The van der Waals surface area contributed by atoms with Crippen LogP contribution in [-0.2, 0) is 0 Å². The van der Waals surface area contributed by atoms with Crippen LogP contribution in [0, 0.1) is 11.6 Å². The van der Waals surface area contributed by atoms with Crippen LogP contribution in [0.4, 0.5) is 20.3 Å². The topological polar surface area (TPSA) is 63.2 Å². The minimum Gasteiger partial charge on any atom is -0.494 e. The van der Waals surface area contributed by atoms with E-state index in [0.29, 0.717) is 5.69 Å². The minimum atomic E-state index is -0.758. The van der Waals surface area contributed by atoms with Gasteiger partial charge in [0.1, 0.15) is 0 Å². The van der Waals surface area contributed by atoms with Crippen LogP contribution in [0.1, 0.15) is 10.4 Å². The summed E-state index contributed by atoms with van der Waals surface area (Å²) in [6.07, 6.45) is 1.31. The molecule has 1 aromatic heterocycles. The number of ether oxygens (including phenoxy) is 1. The van der Waals surface area contributed by atoms with Gasteiger partial charge in [0.15, 0.2) is 23.2 Å². The molecular formula is C14H13F2N3O2. The van der Waals surface area contributed by atoms with E-state index in [2.05, 4.69) is 15.6 Å². The fraction of sp³-hybridized carbons (Fsp3) is 0.143. The molecule has 0 bridgehead atoms. The Bertz CT molecular complexity index is 677. The second-order valence-electron chi connectivity index (χ2n) is 4.07. The largest absolute Gasteiger partial charge is 0.494 e. The summed E-state index contributed by atoms with van der Waals surface area (Å²) in [4.78, 5) is 15.8. The number of nitrogens with zero attached hydrogens (tertiary/aromatic N) is 1. The summed E-state index contributed by atoms with van der Waals surface area (Å²) in [7, 11) is 2.81. The maximum Gasteiger partial charge on any atom is 0.258 e. The van der Waals surface area contributed by atoms with Crippen LogP contribution in [0.3, 0.4) is 0 Å². The van der Waals surface area contributed by atoms with E-state index in [1.165, 1.54) is 38.6 Å². The first-order chi connectivity index (χ1) is 10.1. The van der Waals surface area contributed by atoms with Crippen LogP contribution in [0.2, 0.25) is 0 Å². The molecule has 0 aliphatic rings. The van der Waals surface area contributed by atoms with E-state index in [-0.39, 0.29) is 17.1 Å². The zero-order valence-corrected chi connectivity index (χ0v) is 11.4. The fourth-order valence-corrected chi connectivity index (χ4v) is 1.73. The first-order valence-corrected chi connectivity index (χ1v) is 6.04. The first kappa shape index (κ1) is 14.7. The van der Waals surface area contributed by atoms with E-state index in [1.807, 2.05) is 0 Å². The normalized spacial score (nSPS) is 10.1. The van der Waals surface area contributed by atoms with Crippen molar-refractivity contribution in [1.82, 2.24) is 4.98 Å². The molecule has 1 amide bonds. The highest BCUT2D eigenvalue weighted by Gasteiger charge is 2.16. The number of anilines is 2. The van der Waals surface area contributed by atoms with Gasteiger partial charge in [0, 0.05) is 25.0 Å². The van der Waals surface area contributed by atoms with Gasteiger partial charge >= 0.3 is 0 Å². The Morgan fingerprint density at radius 3 is 2.71 bits per heavy atom. The summed E-state index contributed by atoms with van der Waals surface area (Å²) in [6, 6.07) is 5.07. The zero-order chi connectivity index (χ0) is 15.4. The molecule has 0 saturated heterocycles. The summed E-state index contributed by atoms with van der Waals surface area (Å²) < 4.78 is 32.1. The lowest BCUT2D eigenvalue weighted by Gasteiger charge is -2.09. The fourth-order valence-electron chi connectivity index (χ4n) is 1.73. The van der Waals surface area contributed by atoms with E-state index in [9.17, 15) is 13.6 Å². The van der Waals surface area contributed by atoms with E-state index in [1.54, 1.807) is 0 Å². The van der Waals surface area contributed by atoms with Gasteiger partial charge in [-0.05, 0) is 18.2 Å². The third-order valence-corrected chi connectivity index (χ3v) is 2.78. The number of carbonyl (C=O) groups excluding carboxylic acids is 1. The van der Waals surface area contributed by atoms with Crippen LogP contribution in [0.25, 0.3) is 0 Å². The van der Waals surface area contributed by atoms with Crippen LogP contribution >= 0.6 is 0 Å². The van der Waals surface area contributed by atoms with Crippen molar-refractivity contribution in [2.45, 2.75) is 0 Å². The molecule has 21 heavy (non-hydrogen) atoms. The lowest BCUT2D eigenvalue weighted by atomic mass is 10.2. The highest BCUT2D eigenvalue weighted by Crippen LogP contribution is 2.22. The van der Waals surface area contributed by atoms with Crippen molar-refractivity contribution in [3.63, 3.8) is 0 Å². The number of rotatable bonds is 4. The van der Waals surface area contributed by atoms with E-state index < -0.39 is 17.5 Å². The van der Waals surface area contributed by atoms with Crippen molar-refractivity contribution in [1.29, 1.82) is 0 Å². The molecule has 0 spiro atoms. The summed E-state index contributed by atoms with van der Waals surface area (Å²) >= 11 is 0. The third kappa shape index (κ3) is 3.07. The summed E-state index contributed by atoms with van der Waals surface area (Å²) in [5.74, 6) is -2.02. The second-order valence-corrected chi connectivity index (χ2v) is 4.07. The van der Waals surface area contributed by atoms with Gasteiger partial charge in [-0.25, -0.2) is 13.8 Å². The number of amides is 1. The molecule has 1 aromatic carbocycles. The van der Waals surface area contributed by atoms with Crippen molar-refractivity contribution >= 4 is 17.4 Å². The van der Waals surface area contributed by atoms with Gasteiger partial charge in [-0.2, -0.15) is 0 Å². The van der Waals surface area contributed by atoms with E-state index in [4.69, 9.17) is 4.74 Å². The Hall–Kier alpha value is -2.70. The quantitative estimate of drug-likeness (QED) is 0.909. The monoisotopic (exact) mass is 293 g/mol. The van der Waals surface area contributed by atoms with Gasteiger partial charge in [0.05, 0.1) is 12.7 Å². The Labute approximate surface area is 120 Å². The number of methoxy groups -OCH3 is 1. The van der Waals surface area contributed by atoms with Crippen LogP contribution < -0.4 is 15.4 Å². The standard InChI is InChI=1S/C14H13F2N3O2/c1-17-13-12(16)9(5-6-18-13)14(20)19-8-3-4-10(15)11(7-8)21-2/h3-7H,1-2H3,(H,17,18)(H,19,20). The molecule has 0 aliphatic heterocycles. The molecule has 0 unspecified atom stereocenters. The molecule has 110 valence electrons. The Morgan fingerprint density at radius 2 is 2.05 bits per heavy atom. The molecule has 7 heteroatoms. The van der Waals surface area contributed by atoms with Gasteiger partial charge < -0.3 is 15.4 Å². The molecule has 0 aliphatic carbocycles. The molecule has 0 fully saturated rings. The third-order valence-electron chi connectivity index (χ3n) is 2.78. The average Bonchev–Trinajstić information content (AvgIpc) is 2.49. The maximum atomic E-state index is 14.0. The summed E-state index contributed by atoms with van der Waals surface area (Å²) in [6.45, 7) is 0. The Kier molecular flexibility index (Phi) is 4.32. The lowest BCUT2D eigenvalue weighted by Crippen LogP contribution is -2.15. The van der Waals surface area contributed by atoms with Gasteiger partial charge in [-0.3, -0.25) is 4.79 Å².